The lowest BCUT2D eigenvalue weighted by molar-refractivity contribution is -0.122. The van der Waals surface area contributed by atoms with E-state index in [0.29, 0.717) is 15.6 Å². The minimum atomic E-state index is -1.06. The highest BCUT2D eigenvalue weighted by molar-refractivity contribution is 7.12. The van der Waals surface area contributed by atoms with Crippen molar-refractivity contribution in [3.05, 3.63) is 122 Å². The van der Waals surface area contributed by atoms with Gasteiger partial charge in [0.1, 0.15) is 0 Å². The molecule has 3 aliphatic carbocycles. The van der Waals surface area contributed by atoms with Crippen LogP contribution >= 0.6 is 22.9 Å². The van der Waals surface area contributed by atoms with E-state index in [1.54, 1.807) is 42.6 Å². The number of halogens is 1. The number of amides is 3. The predicted molar refractivity (Wildman–Crippen MR) is 147 cm³/mol. The first kappa shape index (κ1) is 23.1. The molecular weight excluding hydrogens is 518 g/mol. The monoisotopic (exact) mass is 537 g/mol. The van der Waals surface area contributed by atoms with Crippen LogP contribution in [0.4, 0.5) is 5.69 Å². The molecule has 1 aromatic heterocycles. The second-order valence-electron chi connectivity index (χ2n) is 9.66. The van der Waals surface area contributed by atoms with E-state index in [1.165, 1.54) is 16.2 Å². The summed E-state index contributed by atoms with van der Waals surface area (Å²) >= 11 is 7.80. The lowest BCUT2D eigenvalue weighted by Gasteiger charge is -2.52. The van der Waals surface area contributed by atoms with Gasteiger partial charge in [-0.05, 0) is 45.8 Å². The predicted octanol–water partition coefficient (Wildman–Crippen LogP) is 5.37. The summed E-state index contributed by atoms with van der Waals surface area (Å²) in [6, 6.07) is 26.2. The maximum absolute atomic E-state index is 14.3. The van der Waals surface area contributed by atoms with E-state index in [2.05, 4.69) is 10.5 Å². The van der Waals surface area contributed by atoms with E-state index in [4.69, 9.17) is 11.6 Å². The first-order chi connectivity index (χ1) is 18.5. The second-order valence-corrected chi connectivity index (χ2v) is 11.0. The third-order valence-electron chi connectivity index (χ3n) is 7.96. The zero-order chi connectivity index (χ0) is 26.0. The Labute approximate surface area is 227 Å². The van der Waals surface area contributed by atoms with Gasteiger partial charge in [-0.2, -0.15) is 5.10 Å². The van der Waals surface area contributed by atoms with Gasteiger partial charge in [0, 0.05) is 12.1 Å². The van der Waals surface area contributed by atoms with Crippen LogP contribution < -0.4 is 10.3 Å². The fourth-order valence-electron chi connectivity index (χ4n) is 6.58. The molecule has 1 aliphatic heterocycles. The van der Waals surface area contributed by atoms with Gasteiger partial charge < -0.3 is 0 Å². The summed E-state index contributed by atoms with van der Waals surface area (Å²) in [6.07, 6.45) is 1.66. The molecule has 4 aromatic rings. The Morgan fingerprint density at radius 2 is 1.55 bits per heavy atom. The molecule has 8 rings (SSSR count). The quantitative estimate of drug-likeness (QED) is 0.216. The maximum atomic E-state index is 14.3. The van der Waals surface area contributed by atoms with Crippen LogP contribution in [-0.2, 0) is 15.0 Å². The molecule has 38 heavy (non-hydrogen) atoms. The molecule has 186 valence electrons. The van der Waals surface area contributed by atoms with Crippen molar-refractivity contribution in [2.45, 2.75) is 11.3 Å². The summed E-state index contributed by atoms with van der Waals surface area (Å²) in [5.41, 5.74) is 5.78. The number of imide groups is 1. The van der Waals surface area contributed by atoms with Gasteiger partial charge in [0.25, 0.3) is 5.91 Å². The third-order valence-corrected chi connectivity index (χ3v) is 9.14. The van der Waals surface area contributed by atoms with Crippen molar-refractivity contribution in [2.24, 2.45) is 16.9 Å². The van der Waals surface area contributed by atoms with Gasteiger partial charge >= 0.3 is 0 Å². The average Bonchev–Trinajstić information content (AvgIpc) is 3.57. The van der Waals surface area contributed by atoms with Gasteiger partial charge in [0.15, 0.2) is 0 Å². The van der Waals surface area contributed by atoms with Gasteiger partial charge in [-0.25, -0.2) is 10.3 Å². The van der Waals surface area contributed by atoms with Gasteiger partial charge in [-0.15, -0.1) is 11.3 Å². The van der Waals surface area contributed by atoms with Crippen molar-refractivity contribution < 1.29 is 14.4 Å². The molecule has 8 heteroatoms. The number of nitrogens with one attached hydrogen (secondary N) is 1. The van der Waals surface area contributed by atoms with Crippen molar-refractivity contribution in [3.8, 4) is 0 Å². The Kier molecular flexibility index (Phi) is 5.15. The highest BCUT2D eigenvalue weighted by Gasteiger charge is 2.68. The number of benzene rings is 3. The lowest BCUT2D eigenvalue weighted by atomic mass is 9.47. The van der Waals surface area contributed by atoms with Crippen molar-refractivity contribution in [3.63, 3.8) is 0 Å². The minimum Gasteiger partial charge on any atom is -0.274 e. The SMILES string of the molecule is O=C(N/N=C\C12c3ccccc3C(c3ccccc31)[C@H]1C(=O)N(c3ccccc3Cl)C(=O)[C@@H]12)c1cccs1. The van der Waals surface area contributed by atoms with Crippen LogP contribution in [0.2, 0.25) is 5.02 Å². The highest BCUT2D eigenvalue weighted by Crippen LogP contribution is 2.63. The number of para-hydroxylation sites is 1. The molecule has 4 aliphatic rings. The smallest absolute Gasteiger partial charge is 0.274 e. The van der Waals surface area contributed by atoms with Crippen LogP contribution in [-0.4, -0.2) is 23.9 Å². The topological polar surface area (TPSA) is 78.8 Å². The van der Waals surface area contributed by atoms with Crippen molar-refractivity contribution in [1.82, 2.24) is 5.43 Å². The molecule has 2 heterocycles. The van der Waals surface area contributed by atoms with Gasteiger partial charge in [-0.1, -0.05) is 78.3 Å². The van der Waals surface area contributed by atoms with Crippen molar-refractivity contribution in [2.75, 3.05) is 4.90 Å². The first-order valence-electron chi connectivity index (χ1n) is 12.2. The van der Waals surface area contributed by atoms with Crippen LogP contribution in [0.3, 0.4) is 0 Å². The number of carbonyl (C=O) groups is 3. The number of carbonyl (C=O) groups excluding carboxylic acids is 3. The Bertz CT molecular complexity index is 1620. The number of rotatable bonds is 4. The van der Waals surface area contributed by atoms with Crippen LogP contribution in [0.15, 0.2) is 95.4 Å². The number of hydrogen-bond donors (Lipinski definition) is 1. The molecule has 1 fully saturated rings. The number of anilines is 1. The molecule has 0 unspecified atom stereocenters. The average molecular weight is 538 g/mol. The van der Waals surface area contributed by atoms with Crippen LogP contribution in [0.1, 0.15) is 37.8 Å². The maximum Gasteiger partial charge on any atom is 0.281 e. The Hall–Kier alpha value is -4.07. The summed E-state index contributed by atoms with van der Waals surface area (Å²) in [4.78, 5) is 42.9. The standard InChI is InChI=1S/C30H20ClN3O3S/c31-21-12-5-6-13-22(21)34-28(36)25-24-17-8-1-3-10-19(17)30(26(25)29(34)37,20-11-4-2-9-18(20)24)16-32-33-27(35)23-14-7-15-38-23/h1-16,24-26H,(H,33,35)/b32-16-/t24?,25-,26-,30?/m1/s1. The first-order valence-corrected chi connectivity index (χ1v) is 13.5. The number of hydrogen-bond acceptors (Lipinski definition) is 5. The lowest BCUT2D eigenvalue weighted by Crippen LogP contribution is -2.54. The molecule has 0 radical (unpaired) electrons. The molecule has 0 spiro atoms. The molecule has 0 saturated carbocycles. The highest BCUT2D eigenvalue weighted by atomic mass is 35.5. The summed E-state index contributed by atoms with van der Waals surface area (Å²) in [5, 5.41) is 6.58. The molecule has 1 N–H and O–H groups in total. The molecule has 2 atom stereocenters. The van der Waals surface area contributed by atoms with Gasteiger partial charge in [-0.3, -0.25) is 14.4 Å². The van der Waals surface area contributed by atoms with Crippen LogP contribution in [0.25, 0.3) is 0 Å². The largest absolute Gasteiger partial charge is 0.281 e. The van der Waals surface area contributed by atoms with Gasteiger partial charge in [0.2, 0.25) is 11.8 Å². The molecule has 1 saturated heterocycles. The fraction of sp³-hybridized carbons (Fsp3) is 0.133. The number of thiophene rings is 1. The fourth-order valence-corrected chi connectivity index (χ4v) is 7.41. The van der Waals surface area contributed by atoms with Gasteiger partial charge in [0.05, 0.1) is 32.8 Å². The van der Waals surface area contributed by atoms with Crippen molar-refractivity contribution in [1.29, 1.82) is 0 Å². The summed E-state index contributed by atoms with van der Waals surface area (Å²) in [5.74, 6) is -2.60. The number of nitrogens with zero attached hydrogens (tertiary/aromatic N) is 2. The summed E-state index contributed by atoms with van der Waals surface area (Å²) in [7, 11) is 0. The molecule has 3 aromatic carbocycles. The van der Waals surface area contributed by atoms with E-state index in [0.717, 1.165) is 22.3 Å². The summed E-state index contributed by atoms with van der Waals surface area (Å²) in [6.45, 7) is 0. The molecular formula is C30H20ClN3O3S. The second kappa shape index (κ2) is 8.48. The Balaban J connectivity index is 1.44. The van der Waals surface area contributed by atoms with Crippen molar-refractivity contribution >= 4 is 52.6 Å². The molecule has 3 amide bonds. The molecule has 2 bridgehead atoms. The van der Waals surface area contributed by atoms with Crippen LogP contribution in [0.5, 0.6) is 0 Å². The van der Waals surface area contributed by atoms with E-state index >= 15 is 0 Å². The Morgan fingerprint density at radius 3 is 2.21 bits per heavy atom. The van der Waals surface area contributed by atoms with E-state index < -0.39 is 17.3 Å². The number of hydrazone groups is 1. The van der Waals surface area contributed by atoms with E-state index in [1.807, 2.05) is 53.9 Å². The van der Waals surface area contributed by atoms with Crippen LogP contribution in [0, 0.1) is 11.8 Å². The van der Waals surface area contributed by atoms with E-state index in [-0.39, 0.29) is 23.6 Å². The third kappa shape index (κ3) is 3.00. The zero-order valence-electron chi connectivity index (χ0n) is 19.9. The summed E-state index contributed by atoms with van der Waals surface area (Å²) < 4.78 is 0. The Morgan fingerprint density at radius 1 is 0.895 bits per heavy atom. The minimum absolute atomic E-state index is 0.275. The zero-order valence-corrected chi connectivity index (χ0v) is 21.4. The molecule has 6 nitrogen and oxygen atoms in total. The normalized spacial score (nSPS) is 24.9. The van der Waals surface area contributed by atoms with E-state index in [9.17, 15) is 14.4 Å².